The molecule has 19 heavy (non-hydrogen) atoms. The Morgan fingerprint density at radius 1 is 0.737 bits per heavy atom. The molecule has 0 aliphatic carbocycles. The first-order valence-electron chi connectivity index (χ1n) is 6.38. The van der Waals surface area contributed by atoms with E-state index in [-0.39, 0.29) is 0 Å². The summed E-state index contributed by atoms with van der Waals surface area (Å²) in [6.07, 6.45) is 2.09. The van der Waals surface area contributed by atoms with Gasteiger partial charge in [-0.2, -0.15) is 0 Å². The Balaban J connectivity index is 2.11. The molecule has 0 N–H and O–H groups in total. The van der Waals surface area contributed by atoms with Gasteiger partial charge in [-0.15, -0.1) is 0 Å². The number of hydrogen-bond donors (Lipinski definition) is 0. The molecular weight excluding hydrogens is 232 g/mol. The average Bonchev–Trinajstić information content (AvgIpc) is 2.81. The van der Waals surface area contributed by atoms with Crippen molar-refractivity contribution in [1.82, 2.24) is 0 Å². The molecule has 0 spiro atoms. The third-order valence-corrected chi connectivity index (χ3v) is 3.45. The lowest BCUT2D eigenvalue weighted by Crippen LogP contribution is -1.95. The van der Waals surface area contributed by atoms with Crippen LogP contribution < -0.4 is 5.42 Å². The first-order chi connectivity index (χ1) is 9.42. The zero-order chi connectivity index (χ0) is 12.7. The fourth-order valence-corrected chi connectivity index (χ4v) is 2.58. The third kappa shape index (κ3) is 1.63. The molecule has 1 nitrogen and oxygen atoms in total. The highest BCUT2D eigenvalue weighted by atomic mass is 16.3. The van der Waals surface area contributed by atoms with E-state index in [1.54, 1.807) is 0 Å². The van der Waals surface area contributed by atoms with Crippen molar-refractivity contribution >= 4 is 27.8 Å². The van der Waals surface area contributed by atoms with E-state index in [0.717, 1.165) is 16.6 Å². The molecule has 0 fully saturated rings. The van der Waals surface area contributed by atoms with Crippen molar-refractivity contribution in [2.24, 2.45) is 0 Å². The van der Waals surface area contributed by atoms with E-state index in [0.29, 0.717) is 0 Å². The molecule has 0 saturated heterocycles. The van der Waals surface area contributed by atoms with Gasteiger partial charge in [0.1, 0.15) is 11.0 Å². The molecule has 3 aromatic carbocycles. The zero-order valence-electron chi connectivity index (χ0n) is 10.3. The summed E-state index contributed by atoms with van der Waals surface area (Å²) in [6.45, 7) is 0. The zero-order valence-corrected chi connectivity index (χ0v) is 10.3. The summed E-state index contributed by atoms with van der Waals surface area (Å²) < 4.78 is 5.99. The highest BCUT2D eigenvalue weighted by Gasteiger charge is 2.07. The SMILES string of the molecule is C(/c1ccccc1)=c1\oc2cccc3cccc1c32. The van der Waals surface area contributed by atoms with Crippen LogP contribution in [-0.2, 0) is 0 Å². The maximum absolute atomic E-state index is 5.99. The molecule has 0 aliphatic rings. The second-order valence-corrected chi connectivity index (χ2v) is 4.68. The van der Waals surface area contributed by atoms with Crippen LogP contribution in [0.15, 0.2) is 71.1 Å². The monoisotopic (exact) mass is 244 g/mol. The predicted octanol–water partition coefficient (Wildman–Crippen LogP) is 4.13. The van der Waals surface area contributed by atoms with Gasteiger partial charge in [-0.1, -0.05) is 60.7 Å². The molecule has 1 heterocycles. The average molecular weight is 244 g/mol. The molecule has 90 valence electrons. The van der Waals surface area contributed by atoms with Crippen molar-refractivity contribution in [2.75, 3.05) is 0 Å². The number of benzene rings is 3. The van der Waals surface area contributed by atoms with Gasteiger partial charge in [0.15, 0.2) is 0 Å². The van der Waals surface area contributed by atoms with Gasteiger partial charge in [-0.05, 0) is 23.1 Å². The van der Waals surface area contributed by atoms with Gasteiger partial charge in [0.25, 0.3) is 0 Å². The largest absolute Gasteiger partial charge is 0.456 e. The fourth-order valence-electron chi connectivity index (χ4n) is 2.58. The quantitative estimate of drug-likeness (QED) is 0.490. The molecule has 0 atom stereocenters. The Hall–Kier alpha value is -2.54. The maximum Gasteiger partial charge on any atom is 0.136 e. The van der Waals surface area contributed by atoms with Gasteiger partial charge in [0.2, 0.25) is 0 Å². The van der Waals surface area contributed by atoms with Crippen molar-refractivity contribution in [3.8, 4) is 0 Å². The molecule has 0 aliphatic heterocycles. The highest BCUT2D eigenvalue weighted by Crippen LogP contribution is 2.25. The molecule has 4 aromatic rings. The van der Waals surface area contributed by atoms with Crippen LogP contribution in [0, 0.1) is 0 Å². The molecule has 1 heteroatoms. The molecule has 0 saturated carbocycles. The van der Waals surface area contributed by atoms with Gasteiger partial charge in [0.05, 0.1) is 0 Å². The van der Waals surface area contributed by atoms with E-state index in [9.17, 15) is 0 Å². The van der Waals surface area contributed by atoms with E-state index >= 15 is 0 Å². The lowest BCUT2D eigenvalue weighted by molar-refractivity contribution is 0.583. The smallest absolute Gasteiger partial charge is 0.136 e. The van der Waals surface area contributed by atoms with E-state index < -0.39 is 0 Å². The van der Waals surface area contributed by atoms with Crippen LogP contribution in [0.1, 0.15) is 5.56 Å². The lowest BCUT2D eigenvalue weighted by atomic mass is 10.1. The van der Waals surface area contributed by atoms with Crippen molar-refractivity contribution in [2.45, 2.75) is 0 Å². The molecule has 4 rings (SSSR count). The first kappa shape index (κ1) is 10.4. The lowest BCUT2D eigenvalue weighted by Gasteiger charge is -1.94. The summed E-state index contributed by atoms with van der Waals surface area (Å²) in [5.41, 5.74) is 3.04. The summed E-state index contributed by atoms with van der Waals surface area (Å²) in [7, 11) is 0. The van der Waals surface area contributed by atoms with Crippen molar-refractivity contribution in [3.05, 3.63) is 77.7 Å². The Labute approximate surface area is 110 Å². The minimum absolute atomic E-state index is 0.929. The Kier molecular flexibility index (Phi) is 2.18. The fraction of sp³-hybridized carbons (Fsp3) is 0. The van der Waals surface area contributed by atoms with Crippen LogP contribution in [0.5, 0.6) is 0 Å². The standard InChI is InChI=1S/C18H12O/c1-2-6-13(7-3-1)12-17-15-10-4-8-14-9-5-11-16(19-17)18(14)15/h1-12H/b17-12+. The van der Waals surface area contributed by atoms with Crippen molar-refractivity contribution in [3.63, 3.8) is 0 Å². The number of rotatable bonds is 1. The molecule has 1 aromatic heterocycles. The van der Waals surface area contributed by atoms with Crippen LogP contribution in [0.3, 0.4) is 0 Å². The van der Waals surface area contributed by atoms with Crippen LogP contribution >= 0.6 is 0 Å². The predicted molar refractivity (Wildman–Crippen MR) is 78.9 cm³/mol. The Morgan fingerprint density at radius 3 is 2.37 bits per heavy atom. The van der Waals surface area contributed by atoms with E-state index in [4.69, 9.17) is 4.42 Å². The summed E-state index contributed by atoms with van der Waals surface area (Å²) in [4.78, 5) is 0. The summed E-state index contributed by atoms with van der Waals surface area (Å²) in [5, 5.41) is 3.62. The minimum atomic E-state index is 0.929. The van der Waals surface area contributed by atoms with E-state index in [2.05, 4.69) is 42.5 Å². The maximum atomic E-state index is 5.99. The summed E-state index contributed by atoms with van der Waals surface area (Å²) in [6, 6.07) is 22.8. The topological polar surface area (TPSA) is 13.1 Å². The van der Waals surface area contributed by atoms with Crippen LogP contribution in [0.4, 0.5) is 0 Å². The van der Waals surface area contributed by atoms with Gasteiger partial charge < -0.3 is 4.42 Å². The Bertz CT molecular complexity index is 896. The van der Waals surface area contributed by atoms with Crippen LogP contribution in [0.25, 0.3) is 27.8 Å². The first-order valence-corrected chi connectivity index (χ1v) is 6.38. The second-order valence-electron chi connectivity index (χ2n) is 4.68. The van der Waals surface area contributed by atoms with E-state index in [1.807, 2.05) is 30.3 Å². The third-order valence-electron chi connectivity index (χ3n) is 3.45. The minimum Gasteiger partial charge on any atom is -0.456 e. The van der Waals surface area contributed by atoms with Gasteiger partial charge in [-0.3, -0.25) is 0 Å². The van der Waals surface area contributed by atoms with Crippen LogP contribution in [0.2, 0.25) is 0 Å². The van der Waals surface area contributed by atoms with Gasteiger partial charge >= 0.3 is 0 Å². The van der Waals surface area contributed by atoms with Gasteiger partial charge in [-0.25, -0.2) is 0 Å². The highest BCUT2D eigenvalue weighted by molar-refractivity contribution is 6.08. The second kappa shape index (κ2) is 3.99. The van der Waals surface area contributed by atoms with Crippen LogP contribution in [-0.4, -0.2) is 0 Å². The normalized spacial score (nSPS) is 12.5. The van der Waals surface area contributed by atoms with Crippen molar-refractivity contribution in [1.29, 1.82) is 0 Å². The molecular formula is C18H12O. The van der Waals surface area contributed by atoms with Crippen molar-refractivity contribution < 1.29 is 4.42 Å². The number of hydrogen-bond acceptors (Lipinski definition) is 1. The molecule has 0 unspecified atom stereocenters. The van der Waals surface area contributed by atoms with Gasteiger partial charge in [0, 0.05) is 10.8 Å². The number of furan rings is 1. The Morgan fingerprint density at radius 2 is 1.53 bits per heavy atom. The van der Waals surface area contributed by atoms with E-state index in [1.165, 1.54) is 16.2 Å². The summed E-state index contributed by atoms with van der Waals surface area (Å²) in [5.74, 6) is 0. The molecule has 0 amide bonds. The molecule has 0 radical (unpaired) electrons. The molecule has 0 bridgehead atoms. The summed E-state index contributed by atoms with van der Waals surface area (Å²) >= 11 is 0.